The summed E-state index contributed by atoms with van der Waals surface area (Å²) in [5, 5.41) is 0. The summed E-state index contributed by atoms with van der Waals surface area (Å²) in [5.74, 6) is -0.415. The van der Waals surface area contributed by atoms with Gasteiger partial charge in [-0.2, -0.15) is 0 Å². The van der Waals surface area contributed by atoms with Crippen molar-refractivity contribution in [2.45, 2.75) is 64.4 Å². The molecule has 3 atom stereocenters. The van der Waals surface area contributed by atoms with Crippen molar-refractivity contribution in [1.82, 2.24) is 0 Å². The van der Waals surface area contributed by atoms with Crippen LogP contribution in [0.25, 0.3) is 0 Å². The van der Waals surface area contributed by atoms with E-state index in [-0.39, 0.29) is 5.60 Å². The normalized spacial score (nSPS) is 39.9. The lowest BCUT2D eigenvalue weighted by Crippen LogP contribution is -2.47. The van der Waals surface area contributed by atoms with Crippen molar-refractivity contribution < 1.29 is 14.2 Å². The molecule has 2 heterocycles. The third-order valence-electron chi connectivity index (χ3n) is 3.75. The first-order chi connectivity index (χ1) is 7.60. The molecule has 0 aromatic rings. The van der Waals surface area contributed by atoms with Gasteiger partial charge in [0.2, 0.25) is 0 Å². The van der Waals surface area contributed by atoms with Crippen LogP contribution < -0.4 is 0 Å². The predicted molar refractivity (Wildman–Crippen MR) is 62.0 cm³/mol. The highest BCUT2D eigenvalue weighted by atomic mass is 16.9. The Labute approximate surface area is 98.4 Å². The molecule has 3 unspecified atom stereocenters. The molecule has 2 rings (SSSR count). The minimum absolute atomic E-state index is 0.114. The van der Waals surface area contributed by atoms with Crippen molar-refractivity contribution in [3.8, 4) is 0 Å². The molecule has 2 bridgehead atoms. The van der Waals surface area contributed by atoms with Gasteiger partial charge in [0, 0.05) is 12.3 Å². The van der Waals surface area contributed by atoms with Gasteiger partial charge in [-0.25, -0.2) is 0 Å². The number of fused-ring (bicyclic) bond motifs is 2. The van der Waals surface area contributed by atoms with E-state index in [1.165, 1.54) is 19.3 Å². The molecule has 0 aromatic carbocycles. The van der Waals surface area contributed by atoms with Gasteiger partial charge in [0.05, 0.1) is 18.8 Å². The van der Waals surface area contributed by atoms with E-state index in [0.717, 1.165) is 19.4 Å². The van der Waals surface area contributed by atoms with Crippen LogP contribution >= 0.6 is 0 Å². The van der Waals surface area contributed by atoms with Gasteiger partial charge in [-0.3, -0.25) is 0 Å². The molecule has 0 spiro atoms. The second kappa shape index (κ2) is 4.63. The van der Waals surface area contributed by atoms with Crippen molar-refractivity contribution in [2.24, 2.45) is 5.92 Å². The Morgan fingerprint density at radius 3 is 2.81 bits per heavy atom. The number of hydrogen-bond donors (Lipinski definition) is 0. The van der Waals surface area contributed by atoms with Crippen LogP contribution in [0.2, 0.25) is 0 Å². The summed E-state index contributed by atoms with van der Waals surface area (Å²) in [5.41, 5.74) is -0.114. The molecule has 0 aliphatic carbocycles. The van der Waals surface area contributed by atoms with Crippen LogP contribution in [0, 0.1) is 5.92 Å². The molecule has 3 nitrogen and oxygen atoms in total. The highest BCUT2D eigenvalue weighted by Gasteiger charge is 2.55. The zero-order chi connectivity index (χ0) is 11.6. The Balaban J connectivity index is 1.92. The minimum atomic E-state index is -0.735. The molecule has 2 fully saturated rings. The summed E-state index contributed by atoms with van der Waals surface area (Å²) in [7, 11) is 0. The Hall–Kier alpha value is -0.120. The lowest BCUT2D eigenvalue weighted by atomic mass is 9.99. The first kappa shape index (κ1) is 12.3. The van der Waals surface area contributed by atoms with Gasteiger partial charge >= 0.3 is 0 Å². The Kier molecular flexibility index (Phi) is 3.57. The third kappa shape index (κ3) is 2.27. The van der Waals surface area contributed by atoms with E-state index in [2.05, 4.69) is 20.8 Å². The fourth-order valence-electron chi connectivity index (χ4n) is 2.52. The van der Waals surface area contributed by atoms with Crippen LogP contribution in [-0.2, 0) is 14.2 Å². The maximum absolute atomic E-state index is 6.02. The summed E-state index contributed by atoms with van der Waals surface area (Å²) in [4.78, 5) is 0. The Bertz CT molecular complexity index is 243. The topological polar surface area (TPSA) is 27.7 Å². The average Bonchev–Trinajstić information content (AvgIpc) is 2.50. The maximum atomic E-state index is 6.02. The van der Waals surface area contributed by atoms with Crippen molar-refractivity contribution in [2.75, 3.05) is 13.2 Å². The summed E-state index contributed by atoms with van der Waals surface area (Å²) < 4.78 is 17.6. The molecule has 2 aliphatic heterocycles. The zero-order valence-corrected chi connectivity index (χ0v) is 10.8. The highest BCUT2D eigenvalue weighted by Crippen LogP contribution is 2.44. The zero-order valence-electron chi connectivity index (χ0n) is 10.8. The van der Waals surface area contributed by atoms with E-state index in [0.29, 0.717) is 12.5 Å². The van der Waals surface area contributed by atoms with Crippen molar-refractivity contribution >= 4 is 0 Å². The second-order valence-electron chi connectivity index (χ2n) is 5.44. The van der Waals surface area contributed by atoms with E-state index in [1.54, 1.807) is 0 Å². The number of hydrogen-bond acceptors (Lipinski definition) is 3. The largest absolute Gasteiger partial charge is 0.327 e. The van der Waals surface area contributed by atoms with Crippen LogP contribution in [0.5, 0.6) is 0 Å². The molecule has 0 amide bonds. The molecule has 0 N–H and O–H groups in total. The van der Waals surface area contributed by atoms with Gasteiger partial charge in [0.25, 0.3) is 5.97 Å². The molecule has 2 saturated heterocycles. The Morgan fingerprint density at radius 1 is 1.25 bits per heavy atom. The molecule has 0 aromatic heterocycles. The standard InChI is InChI=1S/C13H24O3/c1-4-5-6-7-11(2)13-14-9-8-12(3,16-13)10-15-13/h11H,4-10H2,1-3H3. The monoisotopic (exact) mass is 228 g/mol. The van der Waals surface area contributed by atoms with E-state index in [1.807, 2.05) is 0 Å². The van der Waals surface area contributed by atoms with E-state index in [9.17, 15) is 0 Å². The maximum Gasteiger partial charge on any atom is 0.286 e. The highest BCUT2D eigenvalue weighted by molar-refractivity contribution is 4.89. The lowest BCUT2D eigenvalue weighted by molar-refractivity contribution is -0.389. The fourth-order valence-corrected chi connectivity index (χ4v) is 2.52. The van der Waals surface area contributed by atoms with Gasteiger partial charge in [-0.1, -0.05) is 33.1 Å². The third-order valence-corrected chi connectivity index (χ3v) is 3.75. The SMILES string of the molecule is CCCCCC(C)C12OCCC(C)(CO1)O2. The van der Waals surface area contributed by atoms with Gasteiger partial charge < -0.3 is 14.2 Å². The van der Waals surface area contributed by atoms with E-state index < -0.39 is 5.97 Å². The van der Waals surface area contributed by atoms with Gasteiger partial charge in [0.15, 0.2) is 0 Å². The molecular weight excluding hydrogens is 204 g/mol. The summed E-state index contributed by atoms with van der Waals surface area (Å²) in [6.07, 6.45) is 5.81. The number of ether oxygens (including phenoxy) is 3. The van der Waals surface area contributed by atoms with Crippen LogP contribution in [0.4, 0.5) is 0 Å². The molecule has 0 radical (unpaired) electrons. The quantitative estimate of drug-likeness (QED) is 0.677. The predicted octanol–water partition coefficient (Wildman–Crippen LogP) is 3.08. The molecule has 2 aliphatic rings. The number of rotatable bonds is 5. The summed E-state index contributed by atoms with van der Waals surface area (Å²) >= 11 is 0. The first-order valence-electron chi connectivity index (χ1n) is 6.58. The second-order valence-corrected chi connectivity index (χ2v) is 5.44. The van der Waals surface area contributed by atoms with E-state index >= 15 is 0 Å². The van der Waals surface area contributed by atoms with Crippen molar-refractivity contribution in [1.29, 1.82) is 0 Å². The number of unbranched alkanes of at least 4 members (excludes halogenated alkanes) is 2. The minimum Gasteiger partial charge on any atom is -0.327 e. The molecule has 16 heavy (non-hydrogen) atoms. The van der Waals surface area contributed by atoms with Crippen molar-refractivity contribution in [3.05, 3.63) is 0 Å². The molecule has 94 valence electrons. The van der Waals surface area contributed by atoms with Crippen LogP contribution in [0.15, 0.2) is 0 Å². The smallest absolute Gasteiger partial charge is 0.286 e. The molecule has 3 heteroatoms. The fraction of sp³-hybridized carbons (Fsp3) is 1.00. The van der Waals surface area contributed by atoms with Crippen LogP contribution in [0.3, 0.4) is 0 Å². The summed E-state index contributed by atoms with van der Waals surface area (Å²) in [6.45, 7) is 7.95. The molecular formula is C13H24O3. The molecule has 0 saturated carbocycles. The van der Waals surface area contributed by atoms with Gasteiger partial charge in [0.1, 0.15) is 0 Å². The van der Waals surface area contributed by atoms with Gasteiger partial charge in [-0.05, 0) is 13.3 Å². The summed E-state index contributed by atoms with van der Waals surface area (Å²) in [6, 6.07) is 0. The Morgan fingerprint density at radius 2 is 2.06 bits per heavy atom. The van der Waals surface area contributed by atoms with Crippen LogP contribution in [-0.4, -0.2) is 24.8 Å². The first-order valence-corrected chi connectivity index (χ1v) is 6.58. The van der Waals surface area contributed by atoms with Crippen molar-refractivity contribution in [3.63, 3.8) is 0 Å². The van der Waals surface area contributed by atoms with Gasteiger partial charge in [-0.15, -0.1) is 0 Å². The van der Waals surface area contributed by atoms with E-state index in [4.69, 9.17) is 14.2 Å². The lowest BCUT2D eigenvalue weighted by Gasteiger charge is -2.39. The van der Waals surface area contributed by atoms with Crippen LogP contribution in [0.1, 0.15) is 52.9 Å². The average molecular weight is 228 g/mol.